The molecule has 8 nitrogen and oxygen atoms in total. The highest BCUT2D eigenvalue weighted by Gasteiger charge is 2.23. The summed E-state index contributed by atoms with van der Waals surface area (Å²) >= 11 is 0. The highest BCUT2D eigenvalue weighted by Crippen LogP contribution is 2.05. The predicted octanol–water partition coefficient (Wildman–Crippen LogP) is 0.358. The van der Waals surface area contributed by atoms with Crippen LogP contribution in [-0.2, 0) is 20.9 Å². The molecule has 0 saturated carbocycles. The Labute approximate surface area is 115 Å². The SMILES string of the molecule is Cc1cc(COC(=O)CCN2CCC(=O)NC2=O)no1. The van der Waals surface area contributed by atoms with Gasteiger partial charge in [-0.2, -0.15) is 0 Å². The molecule has 1 fully saturated rings. The van der Waals surface area contributed by atoms with Crippen LogP contribution < -0.4 is 5.32 Å². The van der Waals surface area contributed by atoms with E-state index in [2.05, 4.69) is 10.5 Å². The van der Waals surface area contributed by atoms with Gasteiger partial charge in [0.2, 0.25) is 5.91 Å². The van der Waals surface area contributed by atoms with Gasteiger partial charge in [0.15, 0.2) is 0 Å². The van der Waals surface area contributed by atoms with Crippen molar-refractivity contribution in [2.24, 2.45) is 0 Å². The third-order valence-electron chi connectivity index (χ3n) is 2.79. The van der Waals surface area contributed by atoms with Crippen LogP contribution >= 0.6 is 0 Å². The molecule has 1 aromatic heterocycles. The van der Waals surface area contributed by atoms with Gasteiger partial charge in [0.1, 0.15) is 18.1 Å². The Hall–Kier alpha value is -2.38. The smallest absolute Gasteiger partial charge is 0.324 e. The first-order valence-electron chi connectivity index (χ1n) is 6.21. The van der Waals surface area contributed by atoms with Crippen LogP contribution in [0.5, 0.6) is 0 Å². The maximum absolute atomic E-state index is 11.5. The Bertz CT molecular complexity index is 525. The van der Waals surface area contributed by atoms with Crippen LogP contribution in [0.4, 0.5) is 4.79 Å². The molecule has 0 spiro atoms. The number of hydrogen-bond acceptors (Lipinski definition) is 6. The first-order chi connectivity index (χ1) is 9.54. The van der Waals surface area contributed by atoms with Gasteiger partial charge in [-0.3, -0.25) is 14.9 Å². The van der Waals surface area contributed by atoms with E-state index in [1.165, 1.54) is 4.90 Å². The average Bonchev–Trinajstić information content (AvgIpc) is 2.81. The lowest BCUT2D eigenvalue weighted by Crippen LogP contribution is -2.49. The molecular weight excluding hydrogens is 266 g/mol. The molecule has 0 aliphatic carbocycles. The van der Waals surface area contributed by atoms with E-state index in [0.29, 0.717) is 18.0 Å². The average molecular weight is 281 g/mol. The molecule has 108 valence electrons. The minimum absolute atomic E-state index is 0.0425. The monoisotopic (exact) mass is 281 g/mol. The minimum atomic E-state index is -0.471. The number of urea groups is 1. The summed E-state index contributed by atoms with van der Waals surface area (Å²) in [7, 11) is 0. The quantitative estimate of drug-likeness (QED) is 0.782. The first-order valence-corrected chi connectivity index (χ1v) is 6.21. The number of nitrogens with zero attached hydrogens (tertiary/aromatic N) is 2. The predicted molar refractivity (Wildman–Crippen MR) is 65.4 cm³/mol. The van der Waals surface area contributed by atoms with E-state index in [9.17, 15) is 14.4 Å². The minimum Gasteiger partial charge on any atom is -0.459 e. The van der Waals surface area contributed by atoms with Crippen molar-refractivity contribution < 1.29 is 23.6 Å². The Morgan fingerprint density at radius 2 is 2.35 bits per heavy atom. The van der Waals surface area contributed by atoms with E-state index in [0.717, 1.165) is 0 Å². The lowest BCUT2D eigenvalue weighted by Gasteiger charge is -2.25. The van der Waals surface area contributed by atoms with Gasteiger partial charge in [-0.05, 0) is 6.92 Å². The second-order valence-electron chi connectivity index (χ2n) is 4.43. The lowest BCUT2D eigenvalue weighted by atomic mass is 10.3. The number of amides is 3. The highest BCUT2D eigenvalue weighted by atomic mass is 16.5. The molecule has 1 aromatic rings. The molecule has 1 N–H and O–H groups in total. The highest BCUT2D eigenvalue weighted by molar-refractivity contribution is 5.96. The van der Waals surface area contributed by atoms with Gasteiger partial charge in [-0.1, -0.05) is 5.16 Å². The molecule has 2 heterocycles. The van der Waals surface area contributed by atoms with Crippen LogP contribution in [0.2, 0.25) is 0 Å². The summed E-state index contributed by atoms with van der Waals surface area (Å²) in [6.07, 6.45) is 0.317. The number of carbonyl (C=O) groups is 3. The number of aryl methyl sites for hydroxylation is 1. The second kappa shape index (κ2) is 6.18. The summed E-state index contributed by atoms with van der Waals surface area (Å²) in [5.41, 5.74) is 0.539. The molecule has 3 amide bonds. The van der Waals surface area contributed by atoms with Crippen molar-refractivity contribution in [2.75, 3.05) is 13.1 Å². The van der Waals surface area contributed by atoms with Crippen LogP contribution in [0.1, 0.15) is 24.3 Å². The molecular formula is C12H15N3O5. The molecule has 20 heavy (non-hydrogen) atoms. The fraction of sp³-hybridized carbons (Fsp3) is 0.500. The van der Waals surface area contributed by atoms with Gasteiger partial charge in [0.05, 0.1) is 6.42 Å². The molecule has 8 heteroatoms. The Morgan fingerprint density at radius 1 is 1.55 bits per heavy atom. The van der Waals surface area contributed by atoms with Crippen molar-refractivity contribution >= 4 is 17.9 Å². The van der Waals surface area contributed by atoms with Gasteiger partial charge in [-0.25, -0.2) is 4.79 Å². The Morgan fingerprint density at radius 3 is 3.00 bits per heavy atom. The molecule has 0 aromatic carbocycles. The Balaban J connectivity index is 1.70. The van der Waals surface area contributed by atoms with Gasteiger partial charge in [0.25, 0.3) is 0 Å². The largest absolute Gasteiger partial charge is 0.459 e. The van der Waals surface area contributed by atoms with Crippen molar-refractivity contribution in [2.45, 2.75) is 26.4 Å². The summed E-state index contributed by atoms with van der Waals surface area (Å²) in [4.78, 5) is 35.3. The molecule has 0 bridgehead atoms. The standard InChI is InChI=1S/C12H15N3O5/c1-8-6-9(14-20-8)7-19-11(17)3-5-15-4-2-10(16)13-12(15)18/h6H,2-5,7H2,1H3,(H,13,16,18). The molecule has 1 saturated heterocycles. The number of aromatic nitrogens is 1. The number of esters is 1. The Kier molecular flexibility index (Phi) is 4.34. The number of hydrogen-bond donors (Lipinski definition) is 1. The summed E-state index contributed by atoms with van der Waals surface area (Å²) in [5.74, 6) is -0.0868. The van der Waals surface area contributed by atoms with Crippen molar-refractivity contribution in [1.29, 1.82) is 0 Å². The molecule has 2 rings (SSSR count). The number of nitrogens with one attached hydrogen (secondary N) is 1. The number of imide groups is 1. The van der Waals surface area contributed by atoms with Gasteiger partial charge >= 0.3 is 12.0 Å². The van der Waals surface area contributed by atoms with Crippen molar-refractivity contribution in [3.63, 3.8) is 0 Å². The topological polar surface area (TPSA) is 102 Å². The maximum atomic E-state index is 11.5. The zero-order valence-electron chi connectivity index (χ0n) is 11.0. The zero-order valence-corrected chi connectivity index (χ0v) is 11.0. The summed E-state index contributed by atoms with van der Waals surface area (Å²) in [6.45, 7) is 2.33. The van der Waals surface area contributed by atoms with E-state index < -0.39 is 12.0 Å². The van der Waals surface area contributed by atoms with Gasteiger partial charge in [0, 0.05) is 25.6 Å². The molecule has 0 radical (unpaired) electrons. The first kappa shape index (κ1) is 14.0. The second-order valence-corrected chi connectivity index (χ2v) is 4.43. The maximum Gasteiger partial charge on any atom is 0.324 e. The molecule has 0 unspecified atom stereocenters. The van der Waals surface area contributed by atoms with Crippen LogP contribution in [0.15, 0.2) is 10.6 Å². The van der Waals surface area contributed by atoms with Crippen LogP contribution in [-0.4, -0.2) is 41.1 Å². The van der Waals surface area contributed by atoms with Crippen molar-refractivity contribution in [3.8, 4) is 0 Å². The number of rotatable bonds is 5. The fourth-order valence-electron chi connectivity index (χ4n) is 1.75. The lowest BCUT2D eigenvalue weighted by molar-refractivity contribution is -0.145. The molecule has 1 aliphatic heterocycles. The summed E-state index contributed by atoms with van der Waals surface area (Å²) < 4.78 is 9.84. The zero-order chi connectivity index (χ0) is 14.5. The van der Waals surface area contributed by atoms with Gasteiger partial charge < -0.3 is 14.2 Å². The third-order valence-corrected chi connectivity index (χ3v) is 2.79. The van der Waals surface area contributed by atoms with Gasteiger partial charge in [-0.15, -0.1) is 0 Å². The van der Waals surface area contributed by atoms with Crippen LogP contribution in [0.3, 0.4) is 0 Å². The van der Waals surface area contributed by atoms with Crippen molar-refractivity contribution in [3.05, 3.63) is 17.5 Å². The number of carbonyl (C=O) groups excluding carboxylic acids is 3. The van der Waals surface area contributed by atoms with Crippen LogP contribution in [0.25, 0.3) is 0 Å². The van der Waals surface area contributed by atoms with E-state index in [1.807, 2.05) is 0 Å². The number of ether oxygens (including phenoxy) is 1. The van der Waals surface area contributed by atoms with E-state index >= 15 is 0 Å². The fourth-order valence-corrected chi connectivity index (χ4v) is 1.75. The third kappa shape index (κ3) is 3.81. The summed E-state index contributed by atoms with van der Waals surface area (Å²) in [5, 5.41) is 5.88. The van der Waals surface area contributed by atoms with Crippen LogP contribution in [0, 0.1) is 6.92 Å². The normalized spacial score (nSPS) is 15.2. The molecule has 0 atom stereocenters. The summed E-state index contributed by atoms with van der Waals surface area (Å²) in [6, 6.07) is 1.21. The van der Waals surface area contributed by atoms with E-state index in [-0.39, 0.29) is 31.9 Å². The van der Waals surface area contributed by atoms with E-state index in [4.69, 9.17) is 9.26 Å². The molecule has 1 aliphatic rings. The van der Waals surface area contributed by atoms with E-state index in [1.54, 1.807) is 13.0 Å². The van der Waals surface area contributed by atoms with Crippen molar-refractivity contribution in [1.82, 2.24) is 15.4 Å².